The van der Waals surface area contributed by atoms with Gasteiger partial charge in [-0.1, -0.05) is 0 Å². The Morgan fingerprint density at radius 3 is 2.23 bits per heavy atom. The molecule has 1 amide bonds. The molecule has 0 heterocycles. The number of nitrogens with zero attached hydrogens (tertiary/aromatic N) is 1. The van der Waals surface area contributed by atoms with Gasteiger partial charge in [0, 0.05) is 20.8 Å². The molecule has 0 fully saturated rings. The van der Waals surface area contributed by atoms with Crippen LogP contribution in [0.1, 0.15) is 13.8 Å². The van der Waals surface area contributed by atoms with E-state index < -0.39 is 15.4 Å². The summed E-state index contributed by atoms with van der Waals surface area (Å²) in [4.78, 5) is 12.1. The van der Waals surface area contributed by atoms with Gasteiger partial charge >= 0.3 is 15.4 Å². The molecule has 0 saturated carbocycles. The molecular formula is C7H17NO4Si. The van der Waals surface area contributed by atoms with Crippen molar-refractivity contribution in [1.82, 2.24) is 4.90 Å². The zero-order valence-corrected chi connectivity index (χ0v) is 9.64. The maximum Gasteiger partial charge on any atom is 0.407 e. The summed E-state index contributed by atoms with van der Waals surface area (Å²) in [5, 5.41) is 8.82. The van der Waals surface area contributed by atoms with Crippen molar-refractivity contribution in [3.8, 4) is 0 Å². The van der Waals surface area contributed by atoms with E-state index in [1.54, 1.807) is 21.1 Å². The minimum absolute atomic E-state index is 0.169. The molecule has 0 rings (SSSR count). The molecular weight excluding hydrogens is 190 g/mol. The van der Waals surface area contributed by atoms with Gasteiger partial charge < -0.3 is 18.9 Å². The van der Waals surface area contributed by atoms with Crippen LogP contribution in [0.4, 0.5) is 4.79 Å². The normalized spacial score (nSPS) is 13.0. The standard InChI is InChI=1S/C7H17NO4Si/c1-5-8(7(9)10)6(2)13(11-3)12-4/h6,13H,5H2,1-4H3,(H,9,10). The minimum atomic E-state index is -1.87. The van der Waals surface area contributed by atoms with Crippen molar-refractivity contribution in [3.63, 3.8) is 0 Å². The highest BCUT2D eigenvalue weighted by Crippen LogP contribution is 2.04. The summed E-state index contributed by atoms with van der Waals surface area (Å²) >= 11 is 0. The summed E-state index contributed by atoms with van der Waals surface area (Å²) in [5.41, 5.74) is -0.169. The summed E-state index contributed by atoms with van der Waals surface area (Å²) in [7, 11) is 1.22. The van der Waals surface area contributed by atoms with Crippen LogP contribution >= 0.6 is 0 Å². The zero-order chi connectivity index (χ0) is 10.4. The van der Waals surface area contributed by atoms with Gasteiger partial charge in [-0.25, -0.2) is 4.79 Å². The molecule has 0 aromatic heterocycles. The molecule has 0 aliphatic heterocycles. The molecule has 0 spiro atoms. The van der Waals surface area contributed by atoms with Crippen molar-refractivity contribution in [1.29, 1.82) is 0 Å². The topological polar surface area (TPSA) is 59.0 Å². The number of amides is 1. The SMILES string of the molecule is CCN(C(=O)O)C(C)[SiH](OC)OC. The van der Waals surface area contributed by atoms with Crippen molar-refractivity contribution in [2.24, 2.45) is 0 Å². The number of carboxylic acid groups (broad SMARTS) is 1. The van der Waals surface area contributed by atoms with Crippen LogP contribution in [-0.4, -0.2) is 51.8 Å². The smallest absolute Gasteiger partial charge is 0.407 e. The average Bonchev–Trinajstić information content (AvgIpc) is 2.07. The van der Waals surface area contributed by atoms with Crippen molar-refractivity contribution >= 4 is 15.4 Å². The van der Waals surface area contributed by atoms with Crippen LogP contribution in [0.3, 0.4) is 0 Å². The van der Waals surface area contributed by atoms with Crippen LogP contribution in [-0.2, 0) is 8.85 Å². The average molecular weight is 207 g/mol. The summed E-state index contributed by atoms with van der Waals surface area (Å²) in [5.74, 6) is 0. The van der Waals surface area contributed by atoms with Crippen molar-refractivity contribution in [3.05, 3.63) is 0 Å². The van der Waals surface area contributed by atoms with Crippen LogP contribution in [0.25, 0.3) is 0 Å². The predicted molar refractivity (Wildman–Crippen MR) is 51.0 cm³/mol. The Bertz CT molecular complexity index is 163. The number of carbonyl (C=O) groups is 1. The summed E-state index contributed by atoms with van der Waals surface area (Å²) in [6.07, 6.45) is -0.929. The summed E-state index contributed by atoms with van der Waals surface area (Å²) < 4.78 is 10.2. The highest BCUT2D eigenvalue weighted by molar-refractivity contribution is 6.46. The van der Waals surface area contributed by atoms with Crippen LogP contribution in [0.2, 0.25) is 0 Å². The largest absolute Gasteiger partial charge is 0.465 e. The Hall–Kier alpha value is -0.593. The molecule has 1 atom stereocenters. The summed E-state index contributed by atoms with van der Waals surface area (Å²) in [6.45, 7) is 4.05. The van der Waals surface area contributed by atoms with E-state index in [1.165, 1.54) is 4.90 Å². The fourth-order valence-corrected chi connectivity index (χ4v) is 2.85. The lowest BCUT2D eigenvalue weighted by Gasteiger charge is -2.28. The number of hydrogen-bond donors (Lipinski definition) is 1. The molecule has 13 heavy (non-hydrogen) atoms. The second-order valence-electron chi connectivity index (χ2n) is 2.65. The molecule has 0 aromatic carbocycles. The molecule has 0 bridgehead atoms. The van der Waals surface area contributed by atoms with Gasteiger partial charge in [0.15, 0.2) is 0 Å². The van der Waals surface area contributed by atoms with Crippen molar-refractivity contribution in [2.45, 2.75) is 19.5 Å². The lowest BCUT2D eigenvalue weighted by atomic mass is 10.5. The molecule has 0 radical (unpaired) electrons. The fourth-order valence-electron chi connectivity index (χ4n) is 1.23. The van der Waals surface area contributed by atoms with Gasteiger partial charge in [0.2, 0.25) is 0 Å². The van der Waals surface area contributed by atoms with Crippen LogP contribution in [0.5, 0.6) is 0 Å². The third-order valence-corrected chi connectivity index (χ3v) is 4.01. The minimum Gasteiger partial charge on any atom is -0.465 e. The summed E-state index contributed by atoms with van der Waals surface area (Å²) in [6, 6.07) is 0. The molecule has 78 valence electrons. The molecule has 0 aliphatic carbocycles. The first kappa shape index (κ1) is 12.4. The Balaban J connectivity index is 4.33. The van der Waals surface area contributed by atoms with Crippen molar-refractivity contribution in [2.75, 3.05) is 20.8 Å². The van der Waals surface area contributed by atoms with Gasteiger partial charge in [0.1, 0.15) is 0 Å². The van der Waals surface area contributed by atoms with Crippen LogP contribution < -0.4 is 0 Å². The van der Waals surface area contributed by atoms with Gasteiger partial charge in [-0.05, 0) is 13.8 Å². The van der Waals surface area contributed by atoms with Gasteiger partial charge in [-0.2, -0.15) is 0 Å². The van der Waals surface area contributed by atoms with E-state index in [2.05, 4.69) is 0 Å². The molecule has 0 saturated heterocycles. The van der Waals surface area contributed by atoms with E-state index in [4.69, 9.17) is 14.0 Å². The maximum atomic E-state index is 10.7. The Morgan fingerprint density at radius 2 is 2.00 bits per heavy atom. The first-order chi connectivity index (χ1) is 6.08. The molecule has 0 aliphatic rings. The quantitative estimate of drug-likeness (QED) is 0.664. The van der Waals surface area contributed by atoms with Gasteiger partial charge in [-0.3, -0.25) is 0 Å². The first-order valence-corrected chi connectivity index (χ1v) is 5.74. The van der Waals surface area contributed by atoms with Crippen molar-refractivity contribution < 1.29 is 18.8 Å². The predicted octanol–water partition coefficient (Wildman–Crippen LogP) is 0.427. The highest BCUT2D eigenvalue weighted by atomic mass is 28.3. The van der Waals surface area contributed by atoms with E-state index in [0.29, 0.717) is 6.54 Å². The van der Waals surface area contributed by atoms with E-state index >= 15 is 0 Å². The number of rotatable bonds is 5. The Morgan fingerprint density at radius 1 is 1.54 bits per heavy atom. The lowest BCUT2D eigenvalue weighted by Crippen LogP contribution is -2.49. The van der Waals surface area contributed by atoms with Crippen LogP contribution in [0, 0.1) is 0 Å². The first-order valence-electron chi connectivity index (χ1n) is 4.13. The lowest BCUT2D eigenvalue weighted by molar-refractivity contribution is 0.132. The molecule has 0 aromatic rings. The van der Waals surface area contributed by atoms with Crippen LogP contribution in [0.15, 0.2) is 0 Å². The zero-order valence-electron chi connectivity index (χ0n) is 8.48. The van der Waals surface area contributed by atoms with E-state index in [0.717, 1.165) is 0 Å². The fraction of sp³-hybridized carbons (Fsp3) is 0.857. The molecule has 6 heteroatoms. The molecule has 5 nitrogen and oxygen atoms in total. The second-order valence-corrected chi connectivity index (χ2v) is 5.29. The monoisotopic (exact) mass is 207 g/mol. The molecule has 1 unspecified atom stereocenters. The van der Waals surface area contributed by atoms with Gasteiger partial charge in [0.05, 0.1) is 5.67 Å². The van der Waals surface area contributed by atoms with Gasteiger partial charge in [-0.15, -0.1) is 0 Å². The Labute approximate surface area is 80.1 Å². The Kier molecular flexibility index (Phi) is 5.68. The third kappa shape index (κ3) is 3.33. The van der Waals surface area contributed by atoms with Gasteiger partial charge in [0.25, 0.3) is 0 Å². The van der Waals surface area contributed by atoms with E-state index in [1.807, 2.05) is 6.92 Å². The molecule has 1 N–H and O–H groups in total. The maximum absolute atomic E-state index is 10.7. The van der Waals surface area contributed by atoms with E-state index in [-0.39, 0.29) is 5.67 Å². The second kappa shape index (κ2) is 5.95. The van der Waals surface area contributed by atoms with E-state index in [9.17, 15) is 4.79 Å². The highest BCUT2D eigenvalue weighted by Gasteiger charge is 2.28. The third-order valence-electron chi connectivity index (χ3n) is 1.94. The number of hydrogen-bond acceptors (Lipinski definition) is 3.